The van der Waals surface area contributed by atoms with Gasteiger partial charge in [0.15, 0.2) is 17.1 Å². The van der Waals surface area contributed by atoms with Gasteiger partial charge in [-0.3, -0.25) is 9.59 Å². The minimum atomic E-state index is -1.26. The highest BCUT2D eigenvalue weighted by atomic mass is 16.2. The van der Waals surface area contributed by atoms with E-state index >= 15 is 0 Å². The third-order valence-corrected chi connectivity index (χ3v) is 4.50. The Morgan fingerprint density at radius 1 is 0.739 bits per heavy atom. The van der Waals surface area contributed by atoms with E-state index in [2.05, 4.69) is 5.32 Å². The second kappa shape index (κ2) is 4.78. The van der Waals surface area contributed by atoms with Crippen LogP contribution >= 0.6 is 0 Å². The summed E-state index contributed by atoms with van der Waals surface area (Å²) in [4.78, 5) is 25.6. The molecule has 0 fully saturated rings. The normalized spacial score (nSPS) is 15.7. The van der Waals surface area contributed by atoms with Crippen LogP contribution in [0.15, 0.2) is 66.7 Å². The molecule has 1 N–H and O–H groups in total. The van der Waals surface area contributed by atoms with E-state index in [-0.39, 0.29) is 11.6 Å². The van der Waals surface area contributed by atoms with Gasteiger partial charge in [0.25, 0.3) is 0 Å². The van der Waals surface area contributed by atoms with Gasteiger partial charge in [-0.2, -0.15) is 0 Å². The molecule has 3 aromatic carbocycles. The summed E-state index contributed by atoms with van der Waals surface area (Å²) >= 11 is 0. The number of rotatable bonds is 2. The minimum Gasteiger partial charge on any atom is -0.366 e. The van der Waals surface area contributed by atoms with Gasteiger partial charge >= 0.3 is 0 Å². The predicted octanol–water partition coefficient (Wildman–Crippen LogP) is 4.09. The van der Waals surface area contributed by atoms with Crippen molar-refractivity contribution >= 4 is 28.0 Å². The molecule has 0 spiro atoms. The molecule has 0 saturated heterocycles. The van der Waals surface area contributed by atoms with Crippen molar-refractivity contribution in [3.05, 3.63) is 77.9 Å². The molecule has 112 valence electrons. The first kappa shape index (κ1) is 13.7. The molecular weight excluding hydrogens is 286 g/mol. The first-order chi connectivity index (χ1) is 11.1. The first-order valence-corrected chi connectivity index (χ1v) is 7.56. The summed E-state index contributed by atoms with van der Waals surface area (Å²) in [6, 6.07) is 20.7. The predicted molar refractivity (Wildman–Crippen MR) is 91.1 cm³/mol. The van der Waals surface area contributed by atoms with E-state index in [0.29, 0.717) is 11.1 Å². The molecule has 4 rings (SSSR count). The van der Waals surface area contributed by atoms with Gasteiger partial charge in [0.1, 0.15) is 0 Å². The van der Waals surface area contributed by atoms with Gasteiger partial charge in [0.05, 0.1) is 0 Å². The minimum absolute atomic E-state index is 0.175. The average molecular weight is 301 g/mol. The van der Waals surface area contributed by atoms with Crippen molar-refractivity contribution in [3.63, 3.8) is 0 Å². The Bertz CT molecular complexity index is 918. The van der Waals surface area contributed by atoms with E-state index in [1.54, 1.807) is 31.2 Å². The largest absolute Gasteiger partial charge is 0.366 e. The Morgan fingerprint density at radius 2 is 1.30 bits per heavy atom. The van der Waals surface area contributed by atoms with E-state index in [1.165, 1.54) is 0 Å². The van der Waals surface area contributed by atoms with Gasteiger partial charge in [0.2, 0.25) is 0 Å². The van der Waals surface area contributed by atoms with Crippen LogP contribution in [0.25, 0.3) is 10.8 Å². The van der Waals surface area contributed by atoms with E-state index in [1.807, 2.05) is 42.5 Å². The van der Waals surface area contributed by atoms with Crippen LogP contribution in [0.4, 0.5) is 5.69 Å². The zero-order valence-corrected chi connectivity index (χ0v) is 12.7. The van der Waals surface area contributed by atoms with Crippen molar-refractivity contribution in [2.75, 3.05) is 5.32 Å². The Hall–Kier alpha value is -2.94. The third kappa shape index (κ3) is 1.90. The van der Waals surface area contributed by atoms with E-state index in [4.69, 9.17) is 0 Å². The number of Topliss-reactive ketones (excluding diaryl/α,β-unsaturated/α-hetero) is 2. The van der Waals surface area contributed by atoms with Crippen LogP contribution in [-0.4, -0.2) is 17.1 Å². The number of anilines is 1. The third-order valence-electron chi connectivity index (χ3n) is 4.50. The molecule has 23 heavy (non-hydrogen) atoms. The van der Waals surface area contributed by atoms with Crippen LogP contribution in [-0.2, 0) is 0 Å². The maximum Gasteiger partial charge on any atom is 0.196 e. The van der Waals surface area contributed by atoms with E-state index in [9.17, 15) is 9.59 Å². The smallest absolute Gasteiger partial charge is 0.196 e. The van der Waals surface area contributed by atoms with Crippen molar-refractivity contribution in [1.82, 2.24) is 0 Å². The Kier molecular flexibility index (Phi) is 2.85. The Balaban J connectivity index is 1.82. The van der Waals surface area contributed by atoms with Crippen LogP contribution < -0.4 is 5.32 Å². The SMILES string of the molecule is CC1(Nc2cccc3ccccc23)C(=O)c2ccccc2C1=O. The number of carbonyl (C=O) groups is 2. The highest BCUT2D eigenvalue weighted by molar-refractivity contribution is 6.34. The summed E-state index contributed by atoms with van der Waals surface area (Å²) in [6.07, 6.45) is 0. The fourth-order valence-electron chi connectivity index (χ4n) is 3.24. The fourth-order valence-corrected chi connectivity index (χ4v) is 3.24. The lowest BCUT2D eigenvalue weighted by atomic mass is 9.94. The molecule has 3 aromatic rings. The van der Waals surface area contributed by atoms with Crippen molar-refractivity contribution in [2.45, 2.75) is 12.5 Å². The van der Waals surface area contributed by atoms with Crippen molar-refractivity contribution in [1.29, 1.82) is 0 Å². The Labute approximate surface area is 133 Å². The standard InChI is InChI=1S/C20H15NO2/c1-20(18(22)15-10-4-5-11-16(15)19(20)23)21-17-12-6-8-13-7-2-3-9-14(13)17/h2-12,21H,1H3. The molecule has 0 bridgehead atoms. The van der Waals surface area contributed by atoms with E-state index in [0.717, 1.165) is 16.5 Å². The molecule has 0 saturated carbocycles. The number of hydrogen-bond acceptors (Lipinski definition) is 3. The number of nitrogens with one attached hydrogen (secondary N) is 1. The Morgan fingerprint density at radius 3 is 2.00 bits per heavy atom. The number of carbonyl (C=O) groups excluding carboxylic acids is 2. The van der Waals surface area contributed by atoms with Gasteiger partial charge in [0, 0.05) is 22.2 Å². The highest BCUT2D eigenvalue weighted by Gasteiger charge is 2.49. The maximum absolute atomic E-state index is 12.8. The lowest BCUT2D eigenvalue weighted by Crippen LogP contribution is -2.45. The maximum atomic E-state index is 12.8. The molecule has 0 aromatic heterocycles. The van der Waals surface area contributed by atoms with Gasteiger partial charge in [-0.05, 0) is 18.4 Å². The van der Waals surface area contributed by atoms with Crippen LogP contribution in [0.1, 0.15) is 27.6 Å². The van der Waals surface area contributed by atoms with Crippen LogP contribution in [0, 0.1) is 0 Å². The molecule has 1 aliphatic rings. The molecular formula is C20H15NO2. The summed E-state index contributed by atoms with van der Waals surface area (Å²) in [5.74, 6) is -0.350. The zero-order valence-electron chi connectivity index (χ0n) is 12.7. The monoisotopic (exact) mass is 301 g/mol. The summed E-state index contributed by atoms with van der Waals surface area (Å²) in [7, 11) is 0. The van der Waals surface area contributed by atoms with Crippen LogP contribution in [0.5, 0.6) is 0 Å². The summed E-state index contributed by atoms with van der Waals surface area (Å²) in [5.41, 5.74) is 0.522. The second-order valence-electron chi connectivity index (χ2n) is 5.98. The summed E-state index contributed by atoms with van der Waals surface area (Å²) in [6.45, 7) is 1.67. The molecule has 0 radical (unpaired) electrons. The lowest BCUT2D eigenvalue weighted by Gasteiger charge is -2.24. The molecule has 0 amide bonds. The van der Waals surface area contributed by atoms with Gasteiger partial charge in [-0.1, -0.05) is 60.7 Å². The quantitative estimate of drug-likeness (QED) is 0.725. The molecule has 0 atom stereocenters. The molecule has 0 unspecified atom stereocenters. The molecule has 0 aliphatic heterocycles. The fraction of sp³-hybridized carbons (Fsp3) is 0.100. The van der Waals surface area contributed by atoms with Gasteiger partial charge in [-0.15, -0.1) is 0 Å². The number of hydrogen-bond donors (Lipinski definition) is 1. The lowest BCUT2D eigenvalue weighted by molar-refractivity contribution is 0.0835. The topological polar surface area (TPSA) is 46.2 Å². The molecule has 0 heterocycles. The summed E-state index contributed by atoms with van der Waals surface area (Å²) in [5, 5.41) is 5.27. The van der Waals surface area contributed by atoms with Crippen molar-refractivity contribution < 1.29 is 9.59 Å². The zero-order chi connectivity index (χ0) is 16.0. The molecule has 1 aliphatic carbocycles. The van der Waals surface area contributed by atoms with Crippen LogP contribution in [0.2, 0.25) is 0 Å². The van der Waals surface area contributed by atoms with Crippen LogP contribution in [0.3, 0.4) is 0 Å². The van der Waals surface area contributed by atoms with Gasteiger partial charge in [-0.25, -0.2) is 0 Å². The molecule has 3 nitrogen and oxygen atoms in total. The number of fused-ring (bicyclic) bond motifs is 2. The van der Waals surface area contributed by atoms with E-state index < -0.39 is 5.54 Å². The first-order valence-electron chi connectivity index (χ1n) is 7.56. The van der Waals surface area contributed by atoms with Gasteiger partial charge < -0.3 is 5.32 Å². The van der Waals surface area contributed by atoms with Crippen molar-refractivity contribution in [3.8, 4) is 0 Å². The average Bonchev–Trinajstić information content (AvgIpc) is 2.78. The highest BCUT2D eigenvalue weighted by Crippen LogP contribution is 2.34. The van der Waals surface area contributed by atoms with Crippen molar-refractivity contribution in [2.24, 2.45) is 0 Å². The summed E-state index contributed by atoms with van der Waals surface area (Å²) < 4.78 is 0. The molecule has 3 heteroatoms. The number of ketones is 2. The number of benzene rings is 3. The second-order valence-corrected chi connectivity index (χ2v) is 5.98.